The largest absolute Gasteiger partial charge is 0.481 e. The Hall–Kier alpha value is -1.82. The van der Waals surface area contributed by atoms with E-state index in [2.05, 4.69) is 5.32 Å². The van der Waals surface area contributed by atoms with Crippen LogP contribution >= 0.6 is 11.8 Å². The van der Waals surface area contributed by atoms with Crippen LogP contribution < -0.4 is 5.32 Å². The van der Waals surface area contributed by atoms with Gasteiger partial charge in [0.2, 0.25) is 5.91 Å². The standard InChI is InChI=1S/C16H19NO4S/c18-14(11-4-2-1-3-5-11)9-22-10-15(19)17-13-7-6-12(8-13)16(20)21/h1-5,12-13H,6-10H2,(H,17,19)(H,20,21)/t12-,13+/m1/s1. The summed E-state index contributed by atoms with van der Waals surface area (Å²) in [6.45, 7) is 0. The monoisotopic (exact) mass is 321 g/mol. The summed E-state index contributed by atoms with van der Waals surface area (Å²) in [6, 6.07) is 8.93. The van der Waals surface area contributed by atoms with Crippen LogP contribution in [-0.2, 0) is 9.59 Å². The number of ketones is 1. The smallest absolute Gasteiger partial charge is 0.306 e. The molecule has 0 bridgehead atoms. The lowest BCUT2D eigenvalue weighted by Crippen LogP contribution is -2.34. The Morgan fingerprint density at radius 3 is 2.50 bits per heavy atom. The fraction of sp³-hybridized carbons (Fsp3) is 0.438. The van der Waals surface area contributed by atoms with Crippen molar-refractivity contribution < 1.29 is 19.5 Å². The minimum Gasteiger partial charge on any atom is -0.481 e. The summed E-state index contributed by atoms with van der Waals surface area (Å²) in [6.07, 6.45) is 1.81. The summed E-state index contributed by atoms with van der Waals surface area (Å²) >= 11 is 1.28. The molecule has 2 N–H and O–H groups in total. The number of rotatable bonds is 7. The van der Waals surface area contributed by atoms with E-state index in [1.165, 1.54) is 11.8 Å². The number of thioether (sulfide) groups is 1. The van der Waals surface area contributed by atoms with Gasteiger partial charge in [-0.3, -0.25) is 14.4 Å². The molecule has 2 rings (SSSR count). The molecule has 1 aromatic rings. The van der Waals surface area contributed by atoms with Crippen LogP contribution in [0.15, 0.2) is 30.3 Å². The van der Waals surface area contributed by atoms with E-state index in [4.69, 9.17) is 5.11 Å². The Morgan fingerprint density at radius 1 is 1.14 bits per heavy atom. The highest BCUT2D eigenvalue weighted by Crippen LogP contribution is 2.25. The van der Waals surface area contributed by atoms with E-state index in [0.717, 1.165) is 0 Å². The Bertz CT molecular complexity index is 546. The Morgan fingerprint density at radius 2 is 1.86 bits per heavy atom. The molecule has 0 aromatic heterocycles. The van der Waals surface area contributed by atoms with E-state index in [9.17, 15) is 14.4 Å². The predicted octanol–water partition coefficient (Wildman–Crippen LogP) is 1.97. The zero-order valence-electron chi connectivity index (χ0n) is 12.2. The third-order valence-corrected chi connectivity index (χ3v) is 4.64. The molecule has 118 valence electrons. The summed E-state index contributed by atoms with van der Waals surface area (Å²) in [5.74, 6) is -0.795. The van der Waals surface area contributed by atoms with E-state index in [-0.39, 0.29) is 35.2 Å². The van der Waals surface area contributed by atoms with Gasteiger partial charge in [0.15, 0.2) is 5.78 Å². The van der Waals surface area contributed by atoms with E-state index in [1.54, 1.807) is 12.1 Å². The number of carbonyl (C=O) groups excluding carboxylic acids is 2. The van der Waals surface area contributed by atoms with Crippen LogP contribution in [0.4, 0.5) is 0 Å². The Labute approximate surface area is 133 Å². The molecular formula is C16H19NO4S. The molecule has 0 saturated heterocycles. The molecule has 5 nitrogen and oxygen atoms in total. The van der Waals surface area contributed by atoms with Crippen molar-refractivity contribution in [1.29, 1.82) is 0 Å². The van der Waals surface area contributed by atoms with Crippen LogP contribution in [0.1, 0.15) is 29.6 Å². The first kappa shape index (κ1) is 16.5. The van der Waals surface area contributed by atoms with Gasteiger partial charge in [-0.1, -0.05) is 30.3 Å². The molecule has 1 saturated carbocycles. The molecule has 1 aliphatic carbocycles. The first-order valence-corrected chi connectivity index (χ1v) is 8.40. The summed E-state index contributed by atoms with van der Waals surface area (Å²) in [4.78, 5) is 34.5. The van der Waals surface area contributed by atoms with Gasteiger partial charge >= 0.3 is 5.97 Å². The summed E-state index contributed by atoms with van der Waals surface area (Å²) in [5, 5.41) is 11.8. The second-order valence-corrected chi connectivity index (χ2v) is 6.38. The van der Waals surface area contributed by atoms with Gasteiger partial charge in [0.1, 0.15) is 0 Å². The first-order valence-electron chi connectivity index (χ1n) is 7.24. The third-order valence-electron chi connectivity index (χ3n) is 3.71. The average molecular weight is 321 g/mol. The molecule has 1 amide bonds. The molecule has 0 aliphatic heterocycles. The van der Waals surface area contributed by atoms with E-state index >= 15 is 0 Å². The molecule has 22 heavy (non-hydrogen) atoms. The van der Waals surface area contributed by atoms with Crippen molar-refractivity contribution in [1.82, 2.24) is 5.32 Å². The third kappa shape index (κ3) is 4.87. The molecule has 0 unspecified atom stereocenters. The van der Waals surface area contributed by atoms with Crippen LogP contribution in [0.5, 0.6) is 0 Å². The summed E-state index contributed by atoms with van der Waals surface area (Å²) in [7, 11) is 0. The second kappa shape index (κ2) is 7.98. The molecule has 2 atom stereocenters. The average Bonchev–Trinajstić information content (AvgIpc) is 2.96. The summed E-state index contributed by atoms with van der Waals surface area (Å²) < 4.78 is 0. The van der Waals surface area contributed by atoms with Crippen LogP contribution in [0.25, 0.3) is 0 Å². The summed E-state index contributed by atoms with van der Waals surface area (Å²) in [5.41, 5.74) is 0.649. The number of carboxylic acids is 1. The van der Waals surface area contributed by atoms with Crippen LogP contribution in [0.3, 0.4) is 0 Å². The highest BCUT2D eigenvalue weighted by atomic mass is 32.2. The second-order valence-electron chi connectivity index (χ2n) is 5.39. The van der Waals surface area contributed by atoms with Crippen LogP contribution in [-0.4, -0.2) is 40.3 Å². The normalized spacial score (nSPS) is 20.5. The van der Waals surface area contributed by atoms with Gasteiger partial charge in [0.25, 0.3) is 0 Å². The highest BCUT2D eigenvalue weighted by Gasteiger charge is 2.30. The predicted molar refractivity (Wildman–Crippen MR) is 85.0 cm³/mol. The van der Waals surface area contributed by atoms with Gasteiger partial charge in [-0.2, -0.15) is 0 Å². The maximum atomic E-state index is 11.9. The maximum Gasteiger partial charge on any atom is 0.306 e. The van der Waals surface area contributed by atoms with Crippen LogP contribution in [0.2, 0.25) is 0 Å². The Kier molecular flexibility index (Phi) is 6.00. The highest BCUT2D eigenvalue weighted by molar-refractivity contribution is 8.00. The van der Waals surface area contributed by atoms with Crippen molar-refractivity contribution >= 4 is 29.4 Å². The van der Waals surface area contributed by atoms with E-state index in [1.807, 2.05) is 18.2 Å². The van der Waals surface area contributed by atoms with Gasteiger partial charge < -0.3 is 10.4 Å². The molecule has 0 radical (unpaired) electrons. The molecule has 0 spiro atoms. The minimum absolute atomic E-state index is 0.00482. The quantitative estimate of drug-likeness (QED) is 0.750. The van der Waals surface area contributed by atoms with Gasteiger partial charge in [0, 0.05) is 11.6 Å². The lowest BCUT2D eigenvalue weighted by molar-refractivity contribution is -0.141. The van der Waals surface area contributed by atoms with Crippen molar-refractivity contribution in [2.75, 3.05) is 11.5 Å². The van der Waals surface area contributed by atoms with E-state index < -0.39 is 5.97 Å². The zero-order valence-corrected chi connectivity index (χ0v) is 13.0. The molecular weight excluding hydrogens is 302 g/mol. The minimum atomic E-state index is -0.792. The number of carbonyl (C=O) groups is 3. The molecule has 1 fully saturated rings. The first-order chi connectivity index (χ1) is 10.6. The number of hydrogen-bond acceptors (Lipinski definition) is 4. The van der Waals surface area contributed by atoms with Crippen molar-refractivity contribution in [3.05, 3.63) is 35.9 Å². The molecule has 1 aliphatic rings. The van der Waals surface area contributed by atoms with Crippen molar-refractivity contribution in [3.63, 3.8) is 0 Å². The van der Waals surface area contributed by atoms with Gasteiger partial charge in [-0.25, -0.2) is 0 Å². The van der Waals surface area contributed by atoms with Gasteiger partial charge in [-0.05, 0) is 19.3 Å². The van der Waals surface area contributed by atoms with E-state index in [0.29, 0.717) is 24.8 Å². The molecule has 6 heteroatoms. The number of hydrogen-bond donors (Lipinski definition) is 2. The van der Waals surface area contributed by atoms with Crippen molar-refractivity contribution in [2.45, 2.75) is 25.3 Å². The Balaban J connectivity index is 1.66. The number of benzene rings is 1. The SMILES string of the molecule is O=C(CSCC(=O)c1ccccc1)N[C@H]1CC[C@@H](C(=O)O)C1. The van der Waals surface area contributed by atoms with Crippen LogP contribution in [0, 0.1) is 5.92 Å². The molecule has 0 heterocycles. The topological polar surface area (TPSA) is 83.5 Å². The fourth-order valence-corrected chi connectivity index (χ4v) is 3.27. The van der Waals surface area contributed by atoms with Gasteiger partial charge in [0.05, 0.1) is 17.4 Å². The number of amides is 1. The van der Waals surface area contributed by atoms with Crippen molar-refractivity contribution in [2.24, 2.45) is 5.92 Å². The number of carboxylic acid groups (broad SMARTS) is 1. The van der Waals surface area contributed by atoms with Gasteiger partial charge in [-0.15, -0.1) is 11.8 Å². The number of aliphatic carboxylic acids is 1. The fourth-order valence-electron chi connectivity index (χ4n) is 2.55. The lowest BCUT2D eigenvalue weighted by atomic mass is 10.1. The molecule has 1 aromatic carbocycles. The lowest BCUT2D eigenvalue weighted by Gasteiger charge is -2.12. The zero-order chi connectivity index (χ0) is 15.9. The van der Waals surface area contributed by atoms with Crippen molar-refractivity contribution in [3.8, 4) is 0 Å². The maximum absolute atomic E-state index is 11.9. The number of Topliss-reactive ketones (excluding diaryl/α,β-unsaturated/α-hetero) is 1. The number of nitrogens with one attached hydrogen (secondary N) is 1.